The molecule has 0 bridgehead atoms. The Morgan fingerprint density at radius 3 is 2.00 bits per heavy atom. The molecule has 5 heteroatoms. The molecule has 2 aromatic rings. The average Bonchev–Trinajstić information content (AvgIpc) is 2.55. The van der Waals surface area contributed by atoms with Crippen molar-refractivity contribution in [2.75, 3.05) is 0 Å². The van der Waals surface area contributed by atoms with Crippen LogP contribution < -0.4 is 5.84 Å². The zero-order chi connectivity index (χ0) is 17.7. The molecular weight excluding hydrogens is 302 g/mol. The molecule has 0 saturated heterocycles. The van der Waals surface area contributed by atoms with Gasteiger partial charge in [0.1, 0.15) is 5.71 Å². The van der Waals surface area contributed by atoms with Crippen molar-refractivity contribution in [3.8, 4) is 0 Å². The molecule has 0 radical (unpaired) electrons. The number of hydrazone groups is 1. The predicted molar refractivity (Wildman–Crippen MR) is 97.4 cm³/mol. The van der Waals surface area contributed by atoms with Crippen molar-refractivity contribution in [3.63, 3.8) is 0 Å². The largest absolute Gasteiger partial charge is 0.478 e. The van der Waals surface area contributed by atoms with Gasteiger partial charge in [0.2, 0.25) is 0 Å². The number of aromatic carboxylic acids is 1. The summed E-state index contributed by atoms with van der Waals surface area (Å²) in [5, 5.41) is 12.6. The molecule has 0 atom stereocenters. The van der Waals surface area contributed by atoms with Crippen LogP contribution in [0.25, 0.3) is 0 Å². The molecule has 0 aromatic heterocycles. The maximum atomic E-state index is 10.9. The standard InChI is InChI=1S/C19H21N3O2/c1-19(2,3)15-8-10-16(11-9-15)21-12-17(22-20)13-4-6-14(7-5-13)18(23)24/h4-12H,20H2,1-3H3,(H,23,24). The Morgan fingerprint density at radius 2 is 1.54 bits per heavy atom. The molecule has 0 unspecified atom stereocenters. The Balaban J connectivity index is 2.18. The van der Waals surface area contributed by atoms with Gasteiger partial charge >= 0.3 is 5.97 Å². The number of hydrogen-bond donors (Lipinski definition) is 2. The third-order valence-corrected chi connectivity index (χ3v) is 3.64. The fourth-order valence-electron chi connectivity index (χ4n) is 2.15. The molecule has 0 amide bonds. The van der Waals surface area contributed by atoms with E-state index >= 15 is 0 Å². The van der Waals surface area contributed by atoms with Crippen molar-refractivity contribution in [2.24, 2.45) is 15.9 Å². The van der Waals surface area contributed by atoms with E-state index in [0.29, 0.717) is 11.3 Å². The molecular formula is C19H21N3O2. The Hall–Kier alpha value is -2.95. The van der Waals surface area contributed by atoms with Crippen molar-refractivity contribution in [1.29, 1.82) is 0 Å². The van der Waals surface area contributed by atoms with Crippen LogP contribution in [0.5, 0.6) is 0 Å². The Morgan fingerprint density at radius 1 is 1.00 bits per heavy atom. The van der Waals surface area contributed by atoms with Gasteiger partial charge in [-0.25, -0.2) is 4.79 Å². The summed E-state index contributed by atoms with van der Waals surface area (Å²) in [7, 11) is 0. The first-order valence-corrected chi connectivity index (χ1v) is 7.57. The molecule has 2 aromatic carbocycles. The van der Waals surface area contributed by atoms with E-state index in [-0.39, 0.29) is 11.0 Å². The van der Waals surface area contributed by atoms with Crippen LogP contribution in [0.3, 0.4) is 0 Å². The van der Waals surface area contributed by atoms with Crippen LogP contribution in [-0.2, 0) is 5.41 Å². The van der Waals surface area contributed by atoms with E-state index in [4.69, 9.17) is 10.9 Å². The molecule has 0 saturated carbocycles. The van der Waals surface area contributed by atoms with Gasteiger partial charge in [-0.2, -0.15) is 5.10 Å². The molecule has 0 aliphatic carbocycles. The Labute approximate surface area is 141 Å². The van der Waals surface area contributed by atoms with E-state index < -0.39 is 5.97 Å². The van der Waals surface area contributed by atoms with E-state index in [1.807, 2.05) is 24.3 Å². The highest BCUT2D eigenvalue weighted by molar-refractivity contribution is 6.38. The van der Waals surface area contributed by atoms with E-state index in [1.54, 1.807) is 18.3 Å². The van der Waals surface area contributed by atoms with Gasteiger partial charge in [-0.15, -0.1) is 0 Å². The van der Waals surface area contributed by atoms with Crippen LogP contribution in [0.4, 0.5) is 5.69 Å². The lowest BCUT2D eigenvalue weighted by Gasteiger charge is -2.18. The average molecular weight is 323 g/mol. The second-order valence-corrected chi connectivity index (χ2v) is 6.45. The molecule has 2 rings (SSSR count). The molecule has 24 heavy (non-hydrogen) atoms. The number of aliphatic imine (C=N–C) groups is 1. The first-order valence-electron chi connectivity index (χ1n) is 7.57. The highest BCUT2D eigenvalue weighted by atomic mass is 16.4. The topological polar surface area (TPSA) is 88.0 Å². The van der Waals surface area contributed by atoms with Crippen LogP contribution in [0.1, 0.15) is 42.3 Å². The van der Waals surface area contributed by atoms with Crippen molar-refractivity contribution in [1.82, 2.24) is 0 Å². The Kier molecular flexibility index (Phi) is 5.14. The lowest BCUT2D eigenvalue weighted by atomic mass is 9.87. The van der Waals surface area contributed by atoms with E-state index in [1.165, 1.54) is 17.7 Å². The molecule has 0 fully saturated rings. The van der Waals surface area contributed by atoms with Crippen molar-refractivity contribution < 1.29 is 9.90 Å². The van der Waals surface area contributed by atoms with Gasteiger partial charge in [0, 0.05) is 5.56 Å². The summed E-state index contributed by atoms with van der Waals surface area (Å²) >= 11 is 0. The summed E-state index contributed by atoms with van der Waals surface area (Å²) < 4.78 is 0. The highest BCUT2D eigenvalue weighted by Gasteiger charge is 2.12. The van der Waals surface area contributed by atoms with Crippen LogP contribution in [0.15, 0.2) is 58.6 Å². The molecule has 5 nitrogen and oxygen atoms in total. The molecule has 0 heterocycles. The summed E-state index contributed by atoms with van der Waals surface area (Å²) in [6, 6.07) is 14.3. The number of nitrogens with zero attached hydrogens (tertiary/aromatic N) is 2. The second-order valence-electron chi connectivity index (χ2n) is 6.45. The minimum atomic E-state index is -0.972. The fourth-order valence-corrected chi connectivity index (χ4v) is 2.15. The molecule has 0 aliphatic heterocycles. The molecule has 0 spiro atoms. The van der Waals surface area contributed by atoms with Crippen molar-refractivity contribution >= 4 is 23.6 Å². The second kappa shape index (κ2) is 7.08. The number of carboxylic acid groups (broad SMARTS) is 1. The van der Waals surface area contributed by atoms with E-state index in [2.05, 4.69) is 30.9 Å². The van der Waals surface area contributed by atoms with Gasteiger partial charge in [0.25, 0.3) is 0 Å². The minimum absolute atomic E-state index is 0.0952. The minimum Gasteiger partial charge on any atom is -0.478 e. The van der Waals surface area contributed by atoms with Crippen LogP contribution in [0.2, 0.25) is 0 Å². The van der Waals surface area contributed by atoms with Gasteiger partial charge in [-0.3, -0.25) is 4.99 Å². The quantitative estimate of drug-likeness (QED) is 0.510. The van der Waals surface area contributed by atoms with Crippen LogP contribution in [-0.4, -0.2) is 23.0 Å². The van der Waals surface area contributed by atoms with E-state index in [0.717, 1.165) is 5.69 Å². The first kappa shape index (κ1) is 17.4. The number of carbonyl (C=O) groups is 1. The third-order valence-electron chi connectivity index (χ3n) is 3.64. The monoisotopic (exact) mass is 323 g/mol. The number of benzene rings is 2. The molecule has 124 valence electrons. The number of nitrogens with two attached hydrogens (primary N) is 1. The SMILES string of the molecule is CC(C)(C)c1ccc(N=CC(=NN)c2ccc(C(=O)O)cc2)cc1. The summed E-state index contributed by atoms with van der Waals surface area (Å²) in [5.41, 5.74) is 3.52. The predicted octanol–water partition coefficient (Wildman–Crippen LogP) is 3.75. The summed E-state index contributed by atoms with van der Waals surface area (Å²) in [6.45, 7) is 6.47. The van der Waals surface area contributed by atoms with Gasteiger partial charge in [0.15, 0.2) is 0 Å². The molecule has 3 N–H and O–H groups in total. The van der Waals surface area contributed by atoms with Crippen LogP contribution >= 0.6 is 0 Å². The zero-order valence-electron chi connectivity index (χ0n) is 14.0. The Bertz CT molecular complexity index is 768. The smallest absolute Gasteiger partial charge is 0.335 e. The molecule has 0 aliphatic rings. The highest BCUT2D eigenvalue weighted by Crippen LogP contribution is 2.24. The summed E-state index contributed by atoms with van der Waals surface area (Å²) in [6.07, 6.45) is 1.57. The third kappa shape index (κ3) is 4.29. The lowest BCUT2D eigenvalue weighted by Crippen LogP contribution is -2.10. The fraction of sp³-hybridized carbons (Fsp3) is 0.211. The van der Waals surface area contributed by atoms with Gasteiger partial charge in [-0.05, 0) is 35.2 Å². The number of carboxylic acids is 1. The van der Waals surface area contributed by atoms with Crippen LogP contribution in [0, 0.1) is 0 Å². The van der Waals surface area contributed by atoms with Crippen molar-refractivity contribution in [3.05, 3.63) is 65.2 Å². The van der Waals surface area contributed by atoms with Gasteiger partial charge in [0.05, 0.1) is 17.5 Å². The van der Waals surface area contributed by atoms with Gasteiger partial charge in [-0.1, -0.05) is 45.0 Å². The first-order chi connectivity index (χ1) is 11.3. The van der Waals surface area contributed by atoms with Crippen molar-refractivity contribution in [2.45, 2.75) is 26.2 Å². The lowest BCUT2D eigenvalue weighted by molar-refractivity contribution is 0.0697. The normalized spacial score (nSPS) is 12.5. The number of hydrogen-bond acceptors (Lipinski definition) is 4. The maximum Gasteiger partial charge on any atom is 0.335 e. The van der Waals surface area contributed by atoms with Gasteiger partial charge < -0.3 is 10.9 Å². The summed E-state index contributed by atoms with van der Waals surface area (Å²) in [5.74, 6) is 4.46. The summed E-state index contributed by atoms with van der Waals surface area (Å²) in [4.78, 5) is 15.3. The van der Waals surface area contributed by atoms with E-state index in [9.17, 15) is 4.79 Å². The number of rotatable bonds is 4. The maximum absolute atomic E-state index is 10.9. The zero-order valence-corrected chi connectivity index (χ0v) is 14.0.